The quantitative estimate of drug-likeness (QED) is 0.873. The molecule has 106 valence electrons. The number of benzene rings is 2. The fourth-order valence-electron chi connectivity index (χ4n) is 2.31. The van der Waals surface area contributed by atoms with Crippen molar-refractivity contribution in [1.29, 1.82) is 0 Å². The van der Waals surface area contributed by atoms with Crippen LogP contribution in [0.1, 0.15) is 24.0 Å². The number of rotatable bonds is 6. The molecule has 0 aliphatic rings. The van der Waals surface area contributed by atoms with Gasteiger partial charge in [0.15, 0.2) is 0 Å². The van der Waals surface area contributed by atoms with Gasteiger partial charge in [-0.3, -0.25) is 0 Å². The van der Waals surface area contributed by atoms with Gasteiger partial charge < -0.3 is 9.84 Å². The van der Waals surface area contributed by atoms with Gasteiger partial charge in [-0.2, -0.15) is 0 Å². The Morgan fingerprint density at radius 3 is 2.50 bits per heavy atom. The summed E-state index contributed by atoms with van der Waals surface area (Å²) in [6.07, 6.45) is 0.549. The number of aliphatic hydroxyl groups is 1. The average Bonchev–Trinajstić information content (AvgIpc) is 2.47. The Kier molecular flexibility index (Phi) is 5.13. The van der Waals surface area contributed by atoms with Crippen molar-refractivity contribution in [2.75, 3.05) is 13.2 Å². The highest BCUT2D eigenvalue weighted by Crippen LogP contribution is 2.27. The van der Waals surface area contributed by atoms with Crippen LogP contribution in [-0.4, -0.2) is 18.3 Å². The summed E-state index contributed by atoms with van der Waals surface area (Å²) in [7, 11) is 0. The fourth-order valence-corrected chi connectivity index (χ4v) is 2.31. The molecule has 0 aromatic heterocycles. The van der Waals surface area contributed by atoms with Crippen LogP contribution in [0.25, 0.3) is 0 Å². The van der Waals surface area contributed by atoms with Crippen LogP contribution in [0.5, 0.6) is 5.75 Å². The molecule has 0 saturated heterocycles. The third kappa shape index (κ3) is 3.36. The van der Waals surface area contributed by atoms with E-state index < -0.39 is 0 Å². The van der Waals surface area contributed by atoms with Gasteiger partial charge in [0.05, 0.1) is 13.2 Å². The molecule has 1 unspecified atom stereocenters. The predicted molar refractivity (Wildman–Crippen MR) is 77.5 cm³/mol. The molecule has 1 atom stereocenters. The highest BCUT2D eigenvalue weighted by molar-refractivity contribution is 5.35. The van der Waals surface area contributed by atoms with Crippen LogP contribution < -0.4 is 4.74 Å². The maximum absolute atomic E-state index is 13.8. The zero-order chi connectivity index (χ0) is 14.4. The largest absolute Gasteiger partial charge is 0.494 e. The maximum Gasteiger partial charge on any atom is 0.126 e. The van der Waals surface area contributed by atoms with Gasteiger partial charge in [-0.15, -0.1) is 0 Å². The molecule has 1 N–H and O–H groups in total. The summed E-state index contributed by atoms with van der Waals surface area (Å²) in [4.78, 5) is 0. The number of halogens is 1. The molecule has 0 radical (unpaired) electrons. The van der Waals surface area contributed by atoms with Crippen molar-refractivity contribution < 1.29 is 14.2 Å². The molecule has 0 aliphatic carbocycles. The van der Waals surface area contributed by atoms with E-state index in [0.717, 1.165) is 11.3 Å². The van der Waals surface area contributed by atoms with Crippen LogP contribution >= 0.6 is 0 Å². The number of ether oxygens (including phenoxy) is 1. The van der Waals surface area contributed by atoms with E-state index >= 15 is 0 Å². The Bertz CT molecular complexity index is 554. The van der Waals surface area contributed by atoms with E-state index in [-0.39, 0.29) is 18.3 Å². The van der Waals surface area contributed by atoms with Gasteiger partial charge in [-0.25, -0.2) is 4.39 Å². The number of hydrogen-bond donors (Lipinski definition) is 1. The number of aliphatic hydroxyl groups excluding tert-OH is 1. The third-order valence-electron chi connectivity index (χ3n) is 3.30. The van der Waals surface area contributed by atoms with E-state index in [0.29, 0.717) is 18.6 Å². The average molecular weight is 274 g/mol. The Morgan fingerprint density at radius 2 is 1.80 bits per heavy atom. The van der Waals surface area contributed by atoms with Crippen LogP contribution in [0, 0.1) is 5.82 Å². The number of para-hydroxylation sites is 1. The van der Waals surface area contributed by atoms with E-state index in [2.05, 4.69) is 0 Å². The monoisotopic (exact) mass is 274 g/mol. The molecule has 0 fully saturated rings. The summed E-state index contributed by atoms with van der Waals surface area (Å²) in [5, 5.41) is 9.58. The first kappa shape index (κ1) is 14.5. The van der Waals surface area contributed by atoms with E-state index in [9.17, 15) is 9.50 Å². The molecule has 0 heterocycles. The fraction of sp³-hybridized carbons (Fsp3) is 0.294. The molecule has 0 amide bonds. The highest BCUT2D eigenvalue weighted by Gasteiger charge is 2.17. The van der Waals surface area contributed by atoms with Crippen molar-refractivity contribution in [3.63, 3.8) is 0 Å². The summed E-state index contributed by atoms with van der Waals surface area (Å²) >= 11 is 0. The minimum atomic E-state index is -0.277. The van der Waals surface area contributed by atoms with Crippen LogP contribution in [-0.2, 0) is 6.42 Å². The van der Waals surface area contributed by atoms with E-state index in [4.69, 9.17) is 4.74 Å². The second-order valence-electron chi connectivity index (χ2n) is 4.65. The molecule has 0 bridgehead atoms. The van der Waals surface area contributed by atoms with E-state index in [1.807, 2.05) is 31.2 Å². The predicted octanol–water partition coefficient (Wildman–Crippen LogP) is 3.54. The summed E-state index contributed by atoms with van der Waals surface area (Å²) in [6.45, 7) is 2.42. The first-order chi connectivity index (χ1) is 9.76. The SMILES string of the molecule is CCOc1ccccc1CC(CO)c1ccccc1F. The standard InChI is InChI=1S/C17H19FO2/c1-2-20-17-10-6-3-7-13(17)11-14(12-19)15-8-4-5-9-16(15)18/h3-10,14,19H,2,11-12H2,1H3. The first-order valence-corrected chi connectivity index (χ1v) is 6.82. The zero-order valence-corrected chi connectivity index (χ0v) is 11.6. The molecule has 0 spiro atoms. The minimum Gasteiger partial charge on any atom is -0.494 e. The second-order valence-corrected chi connectivity index (χ2v) is 4.65. The molecule has 0 aliphatic heterocycles. The molecule has 2 rings (SSSR count). The van der Waals surface area contributed by atoms with Crippen LogP contribution in [0.2, 0.25) is 0 Å². The Labute approximate surface area is 118 Å². The molecule has 2 aromatic rings. The summed E-state index contributed by atoms with van der Waals surface area (Å²) in [5.41, 5.74) is 1.53. The lowest BCUT2D eigenvalue weighted by Crippen LogP contribution is -2.10. The van der Waals surface area contributed by atoms with Gasteiger partial charge in [-0.05, 0) is 36.6 Å². The lowest BCUT2D eigenvalue weighted by atomic mass is 9.92. The van der Waals surface area contributed by atoms with E-state index in [1.54, 1.807) is 18.2 Å². The Morgan fingerprint density at radius 1 is 1.10 bits per heavy atom. The van der Waals surface area contributed by atoms with Gasteiger partial charge in [-0.1, -0.05) is 36.4 Å². The lowest BCUT2D eigenvalue weighted by molar-refractivity contribution is 0.260. The van der Waals surface area contributed by atoms with Gasteiger partial charge in [0, 0.05) is 5.92 Å². The minimum absolute atomic E-state index is 0.0958. The molecule has 0 saturated carbocycles. The lowest BCUT2D eigenvalue weighted by Gasteiger charge is -2.17. The second kappa shape index (κ2) is 7.06. The van der Waals surface area contributed by atoms with Crippen molar-refractivity contribution in [1.82, 2.24) is 0 Å². The maximum atomic E-state index is 13.8. The van der Waals surface area contributed by atoms with Crippen molar-refractivity contribution in [3.8, 4) is 5.75 Å². The van der Waals surface area contributed by atoms with Gasteiger partial charge in [0.2, 0.25) is 0 Å². The van der Waals surface area contributed by atoms with Crippen molar-refractivity contribution in [2.45, 2.75) is 19.3 Å². The normalized spacial score (nSPS) is 12.2. The van der Waals surface area contributed by atoms with Gasteiger partial charge in [0.1, 0.15) is 11.6 Å². The summed E-state index contributed by atoms with van der Waals surface area (Å²) in [6, 6.07) is 14.3. The van der Waals surface area contributed by atoms with Gasteiger partial charge >= 0.3 is 0 Å². The Balaban J connectivity index is 2.25. The van der Waals surface area contributed by atoms with Crippen molar-refractivity contribution in [3.05, 3.63) is 65.5 Å². The molecular formula is C17H19FO2. The smallest absolute Gasteiger partial charge is 0.126 e. The highest BCUT2D eigenvalue weighted by atomic mass is 19.1. The van der Waals surface area contributed by atoms with Crippen molar-refractivity contribution in [2.24, 2.45) is 0 Å². The summed E-state index contributed by atoms with van der Waals surface area (Å²) in [5.74, 6) is 0.253. The van der Waals surface area contributed by atoms with Crippen molar-refractivity contribution >= 4 is 0 Å². The van der Waals surface area contributed by atoms with E-state index in [1.165, 1.54) is 6.07 Å². The van der Waals surface area contributed by atoms with Crippen LogP contribution in [0.4, 0.5) is 4.39 Å². The molecular weight excluding hydrogens is 255 g/mol. The van der Waals surface area contributed by atoms with Crippen LogP contribution in [0.3, 0.4) is 0 Å². The van der Waals surface area contributed by atoms with Gasteiger partial charge in [0.25, 0.3) is 0 Å². The number of hydrogen-bond acceptors (Lipinski definition) is 2. The molecule has 2 aromatic carbocycles. The Hall–Kier alpha value is -1.87. The summed E-state index contributed by atoms with van der Waals surface area (Å²) < 4.78 is 19.4. The molecule has 20 heavy (non-hydrogen) atoms. The zero-order valence-electron chi connectivity index (χ0n) is 11.6. The van der Waals surface area contributed by atoms with Crippen LogP contribution in [0.15, 0.2) is 48.5 Å². The third-order valence-corrected chi connectivity index (χ3v) is 3.30. The first-order valence-electron chi connectivity index (χ1n) is 6.82. The molecule has 2 nitrogen and oxygen atoms in total. The topological polar surface area (TPSA) is 29.5 Å². The molecule has 3 heteroatoms.